The monoisotopic (exact) mass is 477 g/mol. The number of hydrogen-bond acceptors (Lipinski definition) is 2. The van der Waals surface area contributed by atoms with Gasteiger partial charge in [0.15, 0.2) is 0 Å². The Labute approximate surface area is 216 Å². The molecule has 0 saturated carbocycles. The molecular formula is C32H64N2. The summed E-state index contributed by atoms with van der Waals surface area (Å²) in [5.74, 6) is 0. The summed E-state index contributed by atoms with van der Waals surface area (Å²) in [6.45, 7) is 9.44. The average Bonchev–Trinajstić information content (AvgIpc) is 3.23. The molecule has 0 aromatic rings. The minimum absolute atomic E-state index is 0.644. The van der Waals surface area contributed by atoms with Gasteiger partial charge in [0.2, 0.25) is 0 Å². The summed E-state index contributed by atoms with van der Waals surface area (Å²) < 4.78 is 0. The van der Waals surface area contributed by atoms with Gasteiger partial charge in [-0.25, -0.2) is 0 Å². The molecule has 1 rings (SSSR count). The molecule has 34 heavy (non-hydrogen) atoms. The van der Waals surface area contributed by atoms with Crippen molar-refractivity contribution < 1.29 is 0 Å². The van der Waals surface area contributed by atoms with Crippen LogP contribution in [0.4, 0.5) is 0 Å². The van der Waals surface area contributed by atoms with Crippen LogP contribution in [-0.2, 0) is 0 Å². The van der Waals surface area contributed by atoms with E-state index >= 15 is 0 Å². The lowest BCUT2D eigenvalue weighted by Gasteiger charge is -2.33. The number of unbranched alkanes of at least 4 members (excludes halogenated alkanes) is 20. The largest absolute Gasteiger partial charge is 0.356 e. The normalized spacial score (nSPS) is 15.7. The van der Waals surface area contributed by atoms with Crippen LogP contribution in [0.25, 0.3) is 0 Å². The zero-order valence-electron chi connectivity index (χ0n) is 24.0. The lowest BCUT2D eigenvalue weighted by Crippen LogP contribution is -2.39. The lowest BCUT2D eigenvalue weighted by atomic mass is 10.0. The van der Waals surface area contributed by atoms with Crippen LogP contribution in [0.3, 0.4) is 0 Å². The second-order valence-electron chi connectivity index (χ2n) is 11.1. The molecule has 0 spiro atoms. The van der Waals surface area contributed by atoms with Gasteiger partial charge in [-0.15, -0.1) is 0 Å². The van der Waals surface area contributed by atoms with E-state index < -0.39 is 0 Å². The van der Waals surface area contributed by atoms with E-state index in [-0.39, 0.29) is 0 Å². The molecule has 1 heterocycles. The summed E-state index contributed by atoms with van der Waals surface area (Å²) >= 11 is 0. The van der Waals surface area contributed by atoms with Crippen LogP contribution in [0.1, 0.15) is 175 Å². The molecule has 0 fully saturated rings. The van der Waals surface area contributed by atoms with Crippen LogP contribution < -0.4 is 0 Å². The van der Waals surface area contributed by atoms with Gasteiger partial charge in [0.05, 0.1) is 0 Å². The summed E-state index contributed by atoms with van der Waals surface area (Å²) in [4.78, 5) is 5.32. The fraction of sp³-hybridized carbons (Fsp3) is 0.938. The van der Waals surface area contributed by atoms with E-state index in [1.165, 1.54) is 167 Å². The second kappa shape index (κ2) is 24.1. The van der Waals surface area contributed by atoms with Crippen molar-refractivity contribution in [1.29, 1.82) is 0 Å². The van der Waals surface area contributed by atoms with E-state index in [1.807, 2.05) is 0 Å². The van der Waals surface area contributed by atoms with Gasteiger partial charge >= 0.3 is 0 Å². The Bertz CT molecular complexity index is 433. The van der Waals surface area contributed by atoms with Gasteiger partial charge in [-0.05, 0) is 25.7 Å². The molecule has 1 aliphatic rings. The van der Waals surface area contributed by atoms with Gasteiger partial charge in [0, 0.05) is 25.5 Å². The molecule has 0 N–H and O–H groups in total. The van der Waals surface area contributed by atoms with Gasteiger partial charge in [0.1, 0.15) is 6.17 Å². The predicted octanol–water partition coefficient (Wildman–Crippen LogP) is 10.8. The van der Waals surface area contributed by atoms with E-state index in [0.29, 0.717) is 6.17 Å². The Morgan fingerprint density at radius 2 is 0.676 bits per heavy atom. The molecule has 0 radical (unpaired) electrons. The van der Waals surface area contributed by atoms with Crippen molar-refractivity contribution in [3.8, 4) is 0 Å². The summed E-state index contributed by atoms with van der Waals surface area (Å²) in [5.41, 5.74) is 0. The van der Waals surface area contributed by atoms with E-state index in [1.54, 1.807) is 0 Å². The Kier molecular flexibility index (Phi) is 22.2. The maximum Gasteiger partial charge on any atom is 0.101 e. The molecule has 0 saturated heterocycles. The van der Waals surface area contributed by atoms with Crippen molar-refractivity contribution in [3.63, 3.8) is 0 Å². The van der Waals surface area contributed by atoms with Gasteiger partial charge in [-0.3, -0.25) is 0 Å². The summed E-state index contributed by atoms with van der Waals surface area (Å²) in [5, 5.41) is 0. The van der Waals surface area contributed by atoms with Crippen molar-refractivity contribution in [2.75, 3.05) is 13.1 Å². The fourth-order valence-electron chi connectivity index (χ4n) is 5.48. The first-order valence-electron chi connectivity index (χ1n) is 16.0. The number of nitrogens with zero attached hydrogens (tertiary/aromatic N) is 2. The van der Waals surface area contributed by atoms with Gasteiger partial charge in [-0.2, -0.15) is 0 Å². The molecule has 0 aromatic carbocycles. The van der Waals surface area contributed by atoms with Crippen LogP contribution in [0, 0.1) is 0 Å². The maximum absolute atomic E-state index is 2.67. The second-order valence-corrected chi connectivity index (χ2v) is 11.1. The highest BCUT2D eigenvalue weighted by molar-refractivity contribution is 4.96. The Morgan fingerprint density at radius 1 is 0.382 bits per heavy atom. The molecule has 202 valence electrons. The SMILES string of the molecule is CCCCCCCCCCCCCCCCCCN1C=CN(CCCCC)C1CCCCCC. The lowest BCUT2D eigenvalue weighted by molar-refractivity contribution is 0.135. The van der Waals surface area contributed by atoms with Crippen molar-refractivity contribution in [2.45, 2.75) is 181 Å². The third-order valence-corrected chi connectivity index (χ3v) is 7.82. The highest BCUT2D eigenvalue weighted by Crippen LogP contribution is 2.23. The van der Waals surface area contributed by atoms with Gasteiger partial charge in [0.25, 0.3) is 0 Å². The molecule has 1 unspecified atom stereocenters. The van der Waals surface area contributed by atoms with Crippen LogP contribution in [0.15, 0.2) is 12.4 Å². The molecule has 0 aliphatic carbocycles. The molecule has 0 amide bonds. The Morgan fingerprint density at radius 3 is 1.09 bits per heavy atom. The third kappa shape index (κ3) is 16.9. The first kappa shape index (κ1) is 31.4. The molecular weight excluding hydrogens is 412 g/mol. The predicted molar refractivity (Wildman–Crippen MR) is 154 cm³/mol. The highest BCUT2D eigenvalue weighted by Gasteiger charge is 2.24. The fourth-order valence-corrected chi connectivity index (χ4v) is 5.48. The van der Waals surface area contributed by atoms with Gasteiger partial charge in [-0.1, -0.05) is 149 Å². The minimum Gasteiger partial charge on any atom is -0.356 e. The number of rotatable bonds is 26. The zero-order chi connectivity index (χ0) is 24.5. The topological polar surface area (TPSA) is 6.48 Å². The van der Waals surface area contributed by atoms with Crippen molar-refractivity contribution in [3.05, 3.63) is 12.4 Å². The van der Waals surface area contributed by atoms with Gasteiger partial charge < -0.3 is 9.80 Å². The average molecular weight is 477 g/mol. The zero-order valence-corrected chi connectivity index (χ0v) is 24.0. The van der Waals surface area contributed by atoms with Crippen LogP contribution >= 0.6 is 0 Å². The summed E-state index contributed by atoms with van der Waals surface area (Å²) in [6.07, 6.45) is 39.6. The number of hydrogen-bond donors (Lipinski definition) is 0. The third-order valence-electron chi connectivity index (χ3n) is 7.82. The molecule has 2 heteroatoms. The van der Waals surface area contributed by atoms with E-state index in [0.717, 1.165) is 0 Å². The van der Waals surface area contributed by atoms with E-state index in [9.17, 15) is 0 Å². The molecule has 2 nitrogen and oxygen atoms in total. The van der Waals surface area contributed by atoms with Crippen LogP contribution in [0.5, 0.6) is 0 Å². The molecule has 0 aromatic heterocycles. The smallest absolute Gasteiger partial charge is 0.101 e. The van der Waals surface area contributed by atoms with E-state index in [4.69, 9.17) is 0 Å². The molecule has 1 atom stereocenters. The Hall–Kier alpha value is -0.660. The minimum atomic E-state index is 0.644. The molecule has 1 aliphatic heterocycles. The molecule has 0 bridgehead atoms. The van der Waals surface area contributed by atoms with Crippen molar-refractivity contribution >= 4 is 0 Å². The first-order valence-corrected chi connectivity index (χ1v) is 16.0. The Balaban J connectivity index is 2.00. The van der Waals surface area contributed by atoms with Crippen LogP contribution in [-0.4, -0.2) is 29.1 Å². The summed E-state index contributed by atoms with van der Waals surface area (Å²) in [6, 6.07) is 0. The maximum atomic E-state index is 2.67. The quantitative estimate of drug-likeness (QED) is 0.114. The van der Waals surface area contributed by atoms with Crippen LogP contribution in [0.2, 0.25) is 0 Å². The highest BCUT2D eigenvalue weighted by atomic mass is 15.4. The first-order chi connectivity index (χ1) is 16.8. The van der Waals surface area contributed by atoms with Crippen molar-refractivity contribution in [2.24, 2.45) is 0 Å². The summed E-state index contributed by atoms with van der Waals surface area (Å²) in [7, 11) is 0. The standard InChI is InChI=1S/C32H64N2/c1-4-7-10-12-13-14-15-16-17-18-19-20-21-22-23-26-29-34-31-30-33(28-25-9-6-3)32(34)27-24-11-8-5-2/h30-32H,4-29H2,1-3H3. The van der Waals surface area contributed by atoms with Crippen molar-refractivity contribution in [1.82, 2.24) is 9.80 Å². The van der Waals surface area contributed by atoms with E-state index in [2.05, 4.69) is 43.0 Å².